The lowest BCUT2D eigenvalue weighted by molar-refractivity contribution is -0.360. The van der Waals surface area contributed by atoms with Crippen molar-refractivity contribution in [2.75, 3.05) is 7.11 Å². The third kappa shape index (κ3) is 6.21. The van der Waals surface area contributed by atoms with Crippen molar-refractivity contribution in [1.29, 1.82) is 0 Å². The molecule has 0 bridgehead atoms. The molecule has 144 valence electrons. The second-order valence-electron chi connectivity index (χ2n) is 5.74. The van der Waals surface area contributed by atoms with Crippen LogP contribution in [-0.4, -0.2) is 25.6 Å². The zero-order valence-corrected chi connectivity index (χ0v) is 16.5. The van der Waals surface area contributed by atoms with Crippen molar-refractivity contribution in [3.8, 4) is 0 Å². The highest BCUT2D eigenvalue weighted by Gasteiger charge is 2.19. The molecule has 5 nitrogen and oxygen atoms in total. The number of methoxy groups -OCH3 is 1. The van der Waals surface area contributed by atoms with Gasteiger partial charge in [0.2, 0.25) is 0 Å². The standard InChI is InChI=1S/C22H21ClNO4/c1-16(8-9-17-10-12-19(23)13-11-17)24-28-14-18-6-4-5-7-20(18)21(15-26-2)22(25)27-3/h4-13,15H,2,14H2,1,3H3/q+1/b9-8+,21-15+,24-16-. The van der Waals surface area contributed by atoms with Crippen molar-refractivity contribution in [2.45, 2.75) is 13.5 Å². The first-order chi connectivity index (χ1) is 13.5. The Labute approximate surface area is 169 Å². The highest BCUT2D eigenvalue weighted by molar-refractivity contribution is 6.30. The Morgan fingerprint density at radius 3 is 2.61 bits per heavy atom. The van der Waals surface area contributed by atoms with E-state index in [1.807, 2.05) is 61.5 Å². The SMILES string of the molecule is C=[O+]/C=C(/C(=O)OC)c1ccccc1CO/N=C(C)\C=C\c1ccc(Cl)cc1. The summed E-state index contributed by atoms with van der Waals surface area (Å²) >= 11 is 5.87. The number of carbonyl (C=O) groups is 1. The molecule has 0 fully saturated rings. The number of hydrogen-bond donors (Lipinski definition) is 0. The van der Waals surface area contributed by atoms with E-state index in [-0.39, 0.29) is 12.2 Å². The van der Waals surface area contributed by atoms with Crippen LogP contribution in [0.1, 0.15) is 23.6 Å². The maximum Gasteiger partial charge on any atom is 0.347 e. The van der Waals surface area contributed by atoms with Gasteiger partial charge in [0.05, 0.1) is 12.8 Å². The molecule has 0 aromatic heterocycles. The number of carbonyl (C=O) groups excluding carboxylic acids is 2. The lowest BCUT2D eigenvalue weighted by Gasteiger charge is -2.08. The second-order valence-corrected chi connectivity index (χ2v) is 6.17. The van der Waals surface area contributed by atoms with Crippen molar-refractivity contribution in [2.24, 2.45) is 5.16 Å². The van der Waals surface area contributed by atoms with Crippen molar-refractivity contribution < 1.29 is 18.8 Å². The minimum atomic E-state index is -0.526. The molecule has 0 saturated carbocycles. The molecule has 0 aliphatic carbocycles. The van der Waals surface area contributed by atoms with Crippen LogP contribution in [0.2, 0.25) is 5.02 Å². The van der Waals surface area contributed by atoms with Gasteiger partial charge in [0.25, 0.3) is 6.79 Å². The molecule has 0 saturated heterocycles. The van der Waals surface area contributed by atoms with Crippen molar-refractivity contribution >= 4 is 41.7 Å². The smallest absolute Gasteiger partial charge is 0.347 e. The normalized spacial score (nSPS) is 12.1. The molecule has 2 aromatic rings. The van der Waals surface area contributed by atoms with Gasteiger partial charge in [-0.3, -0.25) is 0 Å². The van der Waals surface area contributed by atoms with Gasteiger partial charge in [-0.05, 0) is 30.7 Å². The van der Waals surface area contributed by atoms with Gasteiger partial charge in [-0.15, -0.1) is 0 Å². The monoisotopic (exact) mass is 398 g/mol. The number of allylic oxidation sites excluding steroid dienone is 1. The van der Waals surface area contributed by atoms with Crippen molar-refractivity contribution in [1.82, 2.24) is 0 Å². The lowest BCUT2D eigenvalue weighted by atomic mass is 10.0. The molecule has 28 heavy (non-hydrogen) atoms. The molecule has 0 spiro atoms. The molecule has 0 radical (unpaired) electrons. The molecular formula is C22H21ClNO4+. The summed E-state index contributed by atoms with van der Waals surface area (Å²) in [5, 5.41) is 4.78. The number of oxime groups is 1. The zero-order chi connectivity index (χ0) is 20.4. The molecule has 0 aliphatic rings. The summed E-state index contributed by atoms with van der Waals surface area (Å²) in [5.41, 5.74) is 3.33. The highest BCUT2D eigenvalue weighted by Crippen LogP contribution is 2.21. The average molecular weight is 399 g/mol. The Kier molecular flexibility index (Phi) is 8.18. The van der Waals surface area contributed by atoms with Crippen LogP contribution in [0.15, 0.2) is 66.0 Å². The van der Waals surface area contributed by atoms with E-state index in [1.165, 1.54) is 13.4 Å². The largest absolute Gasteiger partial charge is 0.465 e. The first-order valence-corrected chi connectivity index (χ1v) is 8.80. The number of rotatable bonds is 8. The number of benzene rings is 2. The molecule has 2 aromatic carbocycles. The van der Waals surface area contributed by atoms with Gasteiger partial charge in [0.15, 0.2) is 5.57 Å². The molecule has 0 heterocycles. The van der Waals surface area contributed by atoms with Crippen molar-refractivity contribution in [3.05, 3.63) is 82.6 Å². The fraction of sp³-hybridized carbons (Fsp3) is 0.136. The molecule has 0 aliphatic heterocycles. The third-order valence-electron chi connectivity index (χ3n) is 3.73. The summed E-state index contributed by atoms with van der Waals surface area (Å²) in [5.74, 6) is -0.526. The summed E-state index contributed by atoms with van der Waals surface area (Å²) in [6, 6.07) is 14.7. The first kappa shape index (κ1) is 21.1. The van der Waals surface area contributed by atoms with Gasteiger partial charge in [-0.1, -0.05) is 59.2 Å². The Hall–Kier alpha value is -3.18. The summed E-state index contributed by atoms with van der Waals surface area (Å²) < 4.78 is 9.56. The Morgan fingerprint density at radius 1 is 1.21 bits per heavy atom. The van der Waals surface area contributed by atoms with Gasteiger partial charge >= 0.3 is 12.2 Å². The van der Waals surface area contributed by atoms with E-state index < -0.39 is 5.97 Å². The maximum absolute atomic E-state index is 12.0. The molecule has 0 N–H and O–H groups in total. The lowest BCUT2D eigenvalue weighted by Crippen LogP contribution is -2.07. The third-order valence-corrected chi connectivity index (χ3v) is 3.98. The van der Waals surface area contributed by atoms with Gasteiger partial charge in [0, 0.05) is 16.1 Å². The molecule has 6 heteroatoms. The second kappa shape index (κ2) is 10.8. The number of nitrogens with zero attached hydrogens (tertiary/aromatic N) is 1. The average Bonchev–Trinajstić information content (AvgIpc) is 2.71. The van der Waals surface area contributed by atoms with Gasteiger partial charge < -0.3 is 9.57 Å². The van der Waals surface area contributed by atoms with E-state index in [2.05, 4.69) is 11.9 Å². The summed E-state index contributed by atoms with van der Waals surface area (Å²) in [4.78, 5) is 17.4. The van der Waals surface area contributed by atoms with Gasteiger partial charge in [-0.2, -0.15) is 0 Å². The summed E-state index contributed by atoms with van der Waals surface area (Å²) in [6.45, 7) is 5.28. The van der Waals surface area contributed by atoms with E-state index in [0.29, 0.717) is 16.3 Å². The molecule has 0 amide bonds. The van der Waals surface area contributed by atoms with E-state index in [0.717, 1.165) is 11.1 Å². The van der Waals surface area contributed by atoms with Crippen LogP contribution < -0.4 is 0 Å². The van der Waals surface area contributed by atoms with Crippen LogP contribution >= 0.6 is 11.6 Å². The van der Waals surface area contributed by atoms with E-state index >= 15 is 0 Å². The van der Waals surface area contributed by atoms with Crippen molar-refractivity contribution in [3.63, 3.8) is 0 Å². The number of ether oxygens (including phenoxy) is 1. The van der Waals surface area contributed by atoms with Crippen LogP contribution in [0.25, 0.3) is 11.6 Å². The number of halogens is 1. The topological polar surface area (TPSA) is 59.2 Å². The minimum Gasteiger partial charge on any atom is -0.465 e. The van der Waals surface area contributed by atoms with Crippen LogP contribution in [-0.2, 0) is 25.4 Å². The van der Waals surface area contributed by atoms with Gasteiger partial charge in [-0.25, -0.2) is 9.22 Å². The van der Waals surface area contributed by atoms with E-state index in [9.17, 15) is 4.79 Å². The molecule has 0 unspecified atom stereocenters. The quantitative estimate of drug-likeness (QED) is 0.160. The Morgan fingerprint density at radius 2 is 1.93 bits per heavy atom. The molecule has 0 atom stereocenters. The molecule has 2 rings (SSSR count). The predicted octanol–water partition coefficient (Wildman–Crippen LogP) is 4.82. The maximum atomic E-state index is 12.0. The molecular weight excluding hydrogens is 378 g/mol. The first-order valence-electron chi connectivity index (χ1n) is 8.43. The fourth-order valence-electron chi connectivity index (χ4n) is 2.35. The van der Waals surface area contributed by atoms with Gasteiger partial charge in [0.1, 0.15) is 6.61 Å². The fourth-order valence-corrected chi connectivity index (χ4v) is 2.47. The number of hydrogen-bond acceptors (Lipinski definition) is 4. The van der Waals surface area contributed by atoms with Crippen LogP contribution in [0.5, 0.6) is 0 Å². The van der Waals surface area contributed by atoms with Crippen LogP contribution in [0.3, 0.4) is 0 Å². The summed E-state index contributed by atoms with van der Waals surface area (Å²) in [6.07, 6.45) is 5.00. The zero-order valence-electron chi connectivity index (χ0n) is 15.7. The van der Waals surface area contributed by atoms with E-state index in [1.54, 1.807) is 6.07 Å². The predicted molar refractivity (Wildman–Crippen MR) is 112 cm³/mol. The number of esters is 1. The summed E-state index contributed by atoms with van der Waals surface area (Å²) in [7, 11) is 1.30. The van der Waals surface area contributed by atoms with Crippen LogP contribution in [0.4, 0.5) is 0 Å². The van der Waals surface area contributed by atoms with E-state index in [4.69, 9.17) is 25.6 Å². The Balaban J connectivity index is 2.09. The minimum absolute atomic E-state index is 0.174. The highest BCUT2D eigenvalue weighted by atomic mass is 35.5. The Bertz CT molecular complexity index is 914. The van der Waals surface area contributed by atoms with Crippen LogP contribution in [0, 0.1) is 0 Å².